The van der Waals surface area contributed by atoms with Crippen molar-refractivity contribution < 1.29 is 13.2 Å². The molecule has 0 radical (unpaired) electrons. The normalized spacial score (nSPS) is 11.6. The summed E-state index contributed by atoms with van der Waals surface area (Å²) >= 11 is 1.51. The first-order valence-electron chi connectivity index (χ1n) is 8.34. The summed E-state index contributed by atoms with van der Waals surface area (Å²) in [6.07, 6.45) is 3.85. The number of nitrogens with one attached hydrogen (secondary N) is 1. The minimum Gasteiger partial charge on any atom is -0.348 e. The summed E-state index contributed by atoms with van der Waals surface area (Å²) in [6.45, 7) is 0.277. The zero-order chi connectivity index (χ0) is 19.7. The van der Waals surface area contributed by atoms with Gasteiger partial charge in [-0.1, -0.05) is 23.5 Å². The summed E-state index contributed by atoms with van der Waals surface area (Å²) in [5.74, 6) is -0.215. The SMILES string of the molecule is NS(=O)(=O)c1ccc(CNC(=O)c2ccc3nc(-n4cccc4)sc3c2)cc1. The summed E-state index contributed by atoms with van der Waals surface area (Å²) in [4.78, 5) is 17.1. The van der Waals surface area contributed by atoms with Crippen LogP contribution in [0.3, 0.4) is 0 Å². The van der Waals surface area contributed by atoms with Crippen LogP contribution in [-0.4, -0.2) is 23.9 Å². The van der Waals surface area contributed by atoms with Crippen LogP contribution in [0.5, 0.6) is 0 Å². The minimum atomic E-state index is -3.72. The predicted octanol–water partition coefficient (Wildman–Crippen LogP) is 2.66. The van der Waals surface area contributed by atoms with Crippen molar-refractivity contribution in [2.75, 3.05) is 0 Å². The van der Waals surface area contributed by atoms with Crippen LogP contribution >= 0.6 is 11.3 Å². The summed E-state index contributed by atoms with van der Waals surface area (Å²) in [5, 5.41) is 8.75. The minimum absolute atomic E-state index is 0.0386. The lowest BCUT2D eigenvalue weighted by atomic mass is 10.2. The van der Waals surface area contributed by atoms with Crippen LogP contribution in [0.1, 0.15) is 15.9 Å². The average Bonchev–Trinajstić information content (AvgIpc) is 3.34. The van der Waals surface area contributed by atoms with Crippen LogP contribution in [0.25, 0.3) is 15.3 Å². The predicted molar refractivity (Wildman–Crippen MR) is 108 cm³/mol. The Labute approximate surface area is 165 Å². The maximum atomic E-state index is 12.5. The Morgan fingerprint density at radius 1 is 1.11 bits per heavy atom. The molecule has 0 fully saturated rings. The lowest BCUT2D eigenvalue weighted by Crippen LogP contribution is -2.22. The highest BCUT2D eigenvalue weighted by Crippen LogP contribution is 2.26. The van der Waals surface area contributed by atoms with Gasteiger partial charge in [-0.3, -0.25) is 4.79 Å². The van der Waals surface area contributed by atoms with Crippen molar-refractivity contribution in [2.24, 2.45) is 5.14 Å². The summed E-state index contributed by atoms with van der Waals surface area (Å²) in [6, 6.07) is 15.3. The molecule has 4 rings (SSSR count). The second-order valence-electron chi connectivity index (χ2n) is 6.14. The molecular formula is C19H16N4O3S2. The summed E-state index contributed by atoms with van der Waals surface area (Å²) in [5.41, 5.74) is 2.15. The maximum Gasteiger partial charge on any atom is 0.251 e. The molecule has 142 valence electrons. The molecule has 0 spiro atoms. The van der Waals surface area contributed by atoms with Crippen molar-refractivity contribution in [1.82, 2.24) is 14.9 Å². The van der Waals surface area contributed by atoms with Gasteiger partial charge in [0.1, 0.15) is 0 Å². The van der Waals surface area contributed by atoms with Crippen LogP contribution in [0, 0.1) is 0 Å². The molecule has 0 saturated heterocycles. The number of primary sulfonamides is 1. The van der Waals surface area contributed by atoms with Gasteiger partial charge in [-0.25, -0.2) is 18.5 Å². The molecule has 0 aliphatic rings. The number of nitrogens with zero attached hydrogens (tertiary/aromatic N) is 2. The van der Waals surface area contributed by atoms with E-state index in [1.165, 1.54) is 23.5 Å². The molecule has 2 aromatic carbocycles. The third-order valence-electron chi connectivity index (χ3n) is 4.17. The second-order valence-corrected chi connectivity index (χ2v) is 8.71. The molecule has 0 bridgehead atoms. The Balaban J connectivity index is 1.48. The Morgan fingerprint density at radius 3 is 2.50 bits per heavy atom. The lowest BCUT2D eigenvalue weighted by molar-refractivity contribution is 0.0951. The molecule has 0 atom stereocenters. The first kappa shape index (κ1) is 18.4. The smallest absolute Gasteiger partial charge is 0.251 e. The van der Waals surface area contributed by atoms with Gasteiger partial charge < -0.3 is 9.88 Å². The number of fused-ring (bicyclic) bond motifs is 1. The number of carbonyl (C=O) groups excluding carboxylic acids is 1. The van der Waals surface area contributed by atoms with Crippen LogP contribution in [0.4, 0.5) is 0 Å². The summed E-state index contributed by atoms with van der Waals surface area (Å²) in [7, 11) is -3.72. The topological polar surface area (TPSA) is 107 Å². The number of hydrogen-bond donors (Lipinski definition) is 2. The van der Waals surface area contributed by atoms with E-state index in [0.29, 0.717) is 5.56 Å². The third-order valence-corrected chi connectivity index (χ3v) is 6.13. The number of nitrogens with two attached hydrogens (primary N) is 1. The number of thiazole rings is 1. The molecule has 3 N–H and O–H groups in total. The number of amides is 1. The Hall–Kier alpha value is -3.01. The highest BCUT2D eigenvalue weighted by Gasteiger charge is 2.11. The van der Waals surface area contributed by atoms with E-state index < -0.39 is 10.0 Å². The van der Waals surface area contributed by atoms with E-state index in [1.807, 2.05) is 41.2 Å². The van der Waals surface area contributed by atoms with Gasteiger partial charge in [-0.15, -0.1) is 0 Å². The van der Waals surface area contributed by atoms with Gasteiger partial charge in [0.25, 0.3) is 5.91 Å². The van der Waals surface area contributed by atoms with E-state index in [2.05, 4.69) is 10.3 Å². The van der Waals surface area contributed by atoms with E-state index in [0.717, 1.165) is 20.9 Å². The quantitative estimate of drug-likeness (QED) is 0.525. The third kappa shape index (κ3) is 3.81. The molecular weight excluding hydrogens is 396 g/mol. The lowest BCUT2D eigenvalue weighted by Gasteiger charge is -2.06. The summed E-state index contributed by atoms with van der Waals surface area (Å²) < 4.78 is 25.4. The van der Waals surface area contributed by atoms with Gasteiger partial charge in [0.05, 0.1) is 15.1 Å². The van der Waals surface area contributed by atoms with Crippen LogP contribution in [0.2, 0.25) is 0 Å². The molecule has 0 unspecified atom stereocenters. The van der Waals surface area contributed by atoms with Crippen molar-refractivity contribution in [3.05, 3.63) is 78.1 Å². The number of hydrogen-bond acceptors (Lipinski definition) is 5. The van der Waals surface area contributed by atoms with E-state index in [-0.39, 0.29) is 17.3 Å². The van der Waals surface area contributed by atoms with Gasteiger partial charge in [-0.2, -0.15) is 0 Å². The van der Waals surface area contributed by atoms with Gasteiger partial charge in [-0.05, 0) is 48.0 Å². The highest BCUT2D eigenvalue weighted by molar-refractivity contribution is 7.89. The zero-order valence-corrected chi connectivity index (χ0v) is 16.2. The van der Waals surface area contributed by atoms with Crippen LogP contribution < -0.4 is 10.5 Å². The molecule has 0 aliphatic heterocycles. The number of benzene rings is 2. The molecule has 0 aliphatic carbocycles. The fourth-order valence-electron chi connectivity index (χ4n) is 2.71. The molecule has 28 heavy (non-hydrogen) atoms. The van der Waals surface area contributed by atoms with Gasteiger partial charge >= 0.3 is 0 Å². The average molecular weight is 412 g/mol. The Morgan fingerprint density at radius 2 is 1.82 bits per heavy atom. The van der Waals surface area contributed by atoms with Crippen molar-refractivity contribution in [2.45, 2.75) is 11.4 Å². The largest absolute Gasteiger partial charge is 0.348 e. The molecule has 2 heterocycles. The molecule has 0 saturated carbocycles. The molecule has 9 heteroatoms. The molecule has 1 amide bonds. The van der Waals surface area contributed by atoms with Crippen LogP contribution in [-0.2, 0) is 16.6 Å². The van der Waals surface area contributed by atoms with Gasteiger partial charge in [0, 0.05) is 24.5 Å². The van der Waals surface area contributed by atoms with E-state index in [9.17, 15) is 13.2 Å². The Kier molecular flexibility index (Phi) is 4.71. The van der Waals surface area contributed by atoms with E-state index >= 15 is 0 Å². The van der Waals surface area contributed by atoms with Gasteiger partial charge in [0.15, 0.2) is 5.13 Å². The number of rotatable bonds is 5. The monoisotopic (exact) mass is 412 g/mol. The molecule has 2 aromatic heterocycles. The van der Waals surface area contributed by atoms with Crippen molar-refractivity contribution in [3.63, 3.8) is 0 Å². The fourth-order valence-corrected chi connectivity index (χ4v) is 4.19. The number of sulfonamides is 1. The van der Waals surface area contributed by atoms with Crippen molar-refractivity contribution >= 4 is 37.5 Å². The maximum absolute atomic E-state index is 12.5. The fraction of sp³-hybridized carbons (Fsp3) is 0.0526. The van der Waals surface area contributed by atoms with E-state index in [1.54, 1.807) is 18.2 Å². The number of aromatic nitrogens is 2. The second kappa shape index (κ2) is 7.19. The van der Waals surface area contributed by atoms with Crippen molar-refractivity contribution in [1.29, 1.82) is 0 Å². The van der Waals surface area contributed by atoms with Crippen LogP contribution in [0.15, 0.2) is 71.9 Å². The zero-order valence-electron chi connectivity index (χ0n) is 14.6. The van der Waals surface area contributed by atoms with Gasteiger partial charge in [0.2, 0.25) is 10.0 Å². The van der Waals surface area contributed by atoms with Crippen molar-refractivity contribution in [3.8, 4) is 5.13 Å². The molecule has 4 aromatic rings. The highest BCUT2D eigenvalue weighted by atomic mass is 32.2. The number of carbonyl (C=O) groups is 1. The van der Waals surface area contributed by atoms with E-state index in [4.69, 9.17) is 5.14 Å². The Bertz CT molecular complexity index is 1240. The molecule has 7 nitrogen and oxygen atoms in total. The first-order valence-corrected chi connectivity index (χ1v) is 10.7. The first-order chi connectivity index (χ1) is 13.4. The standard InChI is InChI=1S/C19H16N4O3S2/c20-28(25,26)15-6-3-13(4-7-15)12-21-18(24)14-5-8-16-17(11-14)27-19(22-16)23-9-1-2-10-23/h1-11H,12H2,(H,21,24)(H2,20,25,26).